The van der Waals surface area contributed by atoms with Gasteiger partial charge in [0.25, 0.3) is 0 Å². The lowest BCUT2D eigenvalue weighted by molar-refractivity contribution is 0.574. The molecule has 1 heterocycles. The fraction of sp³-hybridized carbons (Fsp3) is 0.100. The highest BCUT2D eigenvalue weighted by atomic mass is 19.1. The van der Waals surface area contributed by atoms with Crippen LogP contribution in [0.4, 0.5) is 8.78 Å². The van der Waals surface area contributed by atoms with Crippen molar-refractivity contribution in [2.24, 2.45) is 0 Å². The van der Waals surface area contributed by atoms with Gasteiger partial charge in [0.2, 0.25) is 0 Å². The third-order valence-corrected chi connectivity index (χ3v) is 1.93. The van der Waals surface area contributed by atoms with Gasteiger partial charge in [0.1, 0.15) is 17.5 Å². The van der Waals surface area contributed by atoms with Crippen LogP contribution in [0.3, 0.4) is 0 Å². The van der Waals surface area contributed by atoms with Gasteiger partial charge >= 0.3 is 0 Å². The van der Waals surface area contributed by atoms with Crippen molar-refractivity contribution in [1.29, 1.82) is 0 Å². The summed E-state index contributed by atoms with van der Waals surface area (Å²) in [5.41, 5.74) is 0.432. The van der Waals surface area contributed by atoms with E-state index in [0.717, 1.165) is 6.07 Å². The zero-order chi connectivity index (χ0) is 9.97. The molecular formula is C10H8F2N2. The lowest BCUT2D eigenvalue weighted by Gasteiger charge is -2.00. The first-order valence-electron chi connectivity index (χ1n) is 4.18. The van der Waals surface area contributed by atoms with Crippen LogP contribution in [0.1, 0.15) is 11.4 Å². The first-order chi connectivity index (χ1) is 6.75. The average molecular weight is 194 g/mol. The Bertz CT molecular complexity index is 424. The van der Waals surface area contributed by atoms with Crippen LogP contribution < -0.4 is 0 Å². The third-order valence-electron chi connectivity index (χ3n) is 1.93. The Morgan fingerprint density at radius 2 is 2.14 bits per heavy atom. The zero-order valence-corrected chi connectivity index (χ0v) is 7.30. The molecule has 0 spiro atoms. The summed E-state index contributed by atoms with van der Waals surface area (Å²) in [6, 6.07) is 3.53. The maximum absolute atomic E-state index is 13.2. The number of aromatic nitrogens is 2. The molecule has 0 bridgehead atoms. The van der Waals surface area contributed by atoms with E-state index >= 15 is 0 Å². The van der Waals surface area contributed by atoms with Crippen LogP contribution in [0.25, 0.3) is 0 Å². The molecule has 1 aromatic heterocycles. The number of hydrogen-bond acceptors (Lipinski definition) is 1. The molecule has 1 N–H and O–H groups in total. The molecule has 1 aromatic carbocycles. The Morgan fingerprint density at radius 3 is 2.79 bits per heavy atom. The van der Waals surface area contributed by atoms with Crippen LogP contribution in [0.2, 0.25) is 0 Å². The van der Waals surface area contributed by atoms with Crippen LogP contribution >= 0.6 is 0 Å². The van der Waals surface area contributed by atoms with Gasteiger partial charge in [-0.25, -0.2) is 13.8 Å². The van der Waals surface area contributed by atoms with Crippen molar-refractivity contribution < 1.29 is 8.78 Å². The Hall–Kier alpha value is -1.71. The number of hydrogen-bond donors (Lipinski definition) is 1. The number of aromatic amines is 1. The molecule has 0 saturated heterocycles. The molecule has 2 rings (SSSR count). The molecule has 0 atom stereocenters. The summed E-state index contributed by atoms with van der Waals surface area (Å²) < 4.78 is 25.7. The second kappa shape index (κ2) is 3.57. The van der Waals surface area contributed by atoms with E-state index in [9.17, 15) is 8.78 Å². The van der Waals surface area contributed by atoms with Gasteiger partial charge in [-0.1, -0.05) is 6.07 Å². The molecule has 0 radical (unpaired) electrons. The molecule has 0 fully saturated rings. The minimum absolute atomic E-state index is 0.346. The summed E-state index contributed by atoms with van der Waals surface area (Å²) in [5, 5.41) is 0. The lowest BCUT2D eigenvalue weighted by Crippen LogP contribution is -1.95. The maximum atomic E-state index is 13.2. The fourth-order valence-corrected chi connectivity index (χ4v) is 1.24. The van der Waals surface area contributed by atoms with Crippen molar-refractivity contribution in [3.63, 3.8) is 0 Å². The smallest absolute Gasteiger partial charge is 0.129 e. The van der Waals surface area contributed by atoms with Gasteiger partial charge in [-0.3, -0.25) is 0 Å². The van der Waals surface area contributed by atoms with Gasteiger partial charge in [0.15, 0.2) is 0 Å². The number of halogens is 2. The molecule has 0 aliphatic rings. The Balaban J connectivity index is 2.25. The first-order valence-corrected chi connectivity index (χ1v) is 4.18. The Labute approximate surface area is 79.6 Å². The monoisotopic (exact) mass is 194 g/mol. The zero-order valence-electron chi connectivity index (χ0n) is 7.30. The molecule has 0 aliphatic heterocycles. The predicted molar refractivity (Wildman–Crippen MR) is 47.8 cm³/mol. The van der Waals surface area contributed by atoms with Gasteiger partial charge in [0.05, 0.1) is 0 Å². The van der Waals surface area contributed by atoms with Crippen molar-refractivity contribution in [3.05, 3.63) is 53.6 Å². The molecule has 0 amide bonds. The van der Waals surface area contributed by atoms with Gasteiger partial charge in [-0.2, -0.15) is 0 Å². The van der Waals surface area contributed by atoms with E-state index in [1.807, 2.05) is 0 Å². The highest BCUT2D eigenvalue weighted by Gasteiger charge is 2.05. The predicted octanol–water partition coefficient (Wildman–Crippen LogP) is 2.28. The number of benzene rings is 1. The summed E-state index contributed by atoms with van der Waals surface area (Å²) in [6.07, 6.45) is 3.60. The largest absolute Gasteiger partial charge is 0.348 e. The van der Waals surface area contributed by atoms with E-state index in [-0.39, 0.29) is 0 Å². The molecule has 0 saturated carbocycles. The quantitative estimate of drug-likeness (QED) is 0.780. The second-order valence-electron chi connectivity index (χ2n) is 2.95. The normalized spacial score (nSPS) is 10.4. The minimum atomic E-state index is -0.564. The van der Waals surface area contributed by atoms with Crippen LogP contribution in [-0.2, 0) is 6.42 Å². The minimum Gasteiger partial charge on any atom is -0.348 e. The first kappa shape index (κ1) is 8.87. The highest BCUT2D eigenvalue weighted by Crippen LogP contribution is 2.12. The number of imidazole rings is 1. The summed E-state index contributed by atoms with van der Waals surface area (Å²) in [6.45, 7) is 0. The van der Waals surface area contributed by atoms with Gasteiger partial charge < -0.3 is 4.98 Å². The van der Waals surface area contributed by atoms with Crippen molar-refractivity contribution >= 4 is 0 Å². The molecule has 4 heteroatoms. The van der Waals surface area contributed by atoms with Gasteiger partial charge in [-0.15, -0.1) is 0 Å². The van der Waals surface area contributed by atoms with E-state index in [4.69, 9.17) is 0 Å². The number of rotatable bonds is 2. The third kappa shape index (κ3) is 1.79. The van der Waals surface area contributed by atoms with Crippen LogP contribution in [0.5, 0.6) is 0 Å². The number of nitrogens with one attached hydrogen (secondary N) is 1. The number of H-pyrrole nitrogens is 1. The molecule has 2 aromatic rings. The van der Waals surface area contributed by atoms with Gasteiger partial charge in [-0.05, 0) is 11.6 Å². The van der Waals surface area contributed by atoms with Crippen LogP contribution in [0.15, 0.2) is 30.6 Å². The molecule has 0 aliphatic carbocycles. The van der Waals surface area contributed by atoms with Crippen molar-refractivity contribution in [2.45, 2.75) is 6.42 Å². The second-order valence-corrected chi connectivity index (χ2v) is 2.95. The van der Waals surface area contributed by atoms with Crippen LogP contribution in [0, 0.1) is 11.6 Å². The van der Waals surface area contributed by atoms with Gasteiger partial charge in [0, 0.05) is 24.9 Å². The lowest BCUT2D eigenvalue weighted by atomic mass is 10.1. The van der Waals surface area contributed by atoms with E-state index in [0.29, 0.717) is 17.8 Å². The van der Waals surface area contributed by atoms with Crippen molar-refractivity contribution in [3.8, 4) is 0 Å². The molecule has 72 valence electrons. The van der Waals surface area contributed by atoms with Crippen LogP contribution in [-0.4, -0.2) is 9.97 Å². The SMILES string of the molecule is Fc1ccc(Cc2ncc[nH]2)c(F)c1. The fourth-order valence-electron chi connectivity index (χ4n) is 1.24. The summed E-state index contributed by atoms with van der Waals surface area (Å²) in [5.74, 6) is -0.442. The molecule has 0 unspecified atom stereocenters. The topological polar surface area (TPSA) is 28.7 Å². The Kier molecular flexibility index (Phi) is 2.26. The summed E-state index contributed by atoms with van der Waals surface area (Å²) in [7, 11) is 0. The van der Waals surface area contributed by atoms with Crippen molar-refractivity contribution in [1.82, 2.24) is 9.97 Å². The van der Waals surface area contributed by atoms with E-state index in [1.54, 1.807) is 12.4 Å². The maximum Gasteiger partial charge on any atom is 0.129 e. The highest BCUT2D eigenvalue weighted by molar-refractivity contribution is 5.21. The van der Waals surface area contributed by atoms with Crippen molar-refractivity contribution in [2.75, 3.05) is 0 Å². The van der Waals surface area contributed by atoms with E-state index < -0.39 is 11.6 Å². The molecule has 2 nitrogen and oxygen atoms in total. The summed E-state index contributed by atoms with van der Waals surface area (Å²) >= 11 is 0. The molecule has 14 heavy (non-hydrogen) atoms. The Morgan fingerprint density at radius 1 is 1.29 bits per heavy atom. The standard InChI is InChI=1S/C10H8F2N2/c11-8-2-1-7(9(12)6-8)5-10-13-3-4-14-10/h1-4,6H,5H2,(H,13,14). The van der Waals surface area contributed by atoms with E-state index in [2.05, 4.69) is 9.97 Å². The van der Waals surface area contributed by atoms with E-state index in [1.165, 1.54) is 12.1 Å². The number of nitrogens with zero attached hydrogens (tertiary/aromatic N) is 1. The average Bonchev–Trinajstić information content (AvgIpc) is 2.62. The molecular weight excluding hydrogens is 186 g/mol. The summed E-state index contributed by atoms with van der Waals surface area (Å²) in [4.78, 5) is 6.82.